The molecule has 0 saturated heterocycles. The third kappa shape index (κ3) is 5.66. The van der Waals surface area contributed by atoms with Crippen LogP contribution in [0.15, 0.2) is 59.7 Å². The number of hydrogen-bond donors (Lipinski definition) is 1. The molecule has 3 rings (SSSR count). The van der Waals surface area contributed by atoms with Crippen molar-refractivity contribution in [3.63, 3.8) is 0 Å². The molecule has 4 nitrogen and oxygen atoms in total. The first kappa shape index (κ1) is 21.5. The molecule has 1 amide bonds. The molecule has 29 heavy (non-hydrogen) atoms. The van der Waals surface area contributed by atoms with E-state index in [-0.39, 0.29) is 5.91 Å². The summed E-state index contributed by atoms with van der Waals surface area (Å²) in [4.78, 5) is 12.0. The first-order chi connectivity index (χ1) is 14.0. The lowest BCUT2D eigenvalue weighted by Crippen LogP contribution is -2.19. The number of halogens is 2. The number of carbonyl (C=O) groups is 1. The van der Waals surface area contributed by atoms with Gasteiger partial charge >= 0.3 is 0 Å². The summed E-state index contributed by atoms with van der Waals surface area (Å²) in [7, 11) is 0. The van der Waals surface area contributed by atoms with Crippen molar-refractivity contribution in [2.24, 2.45) is 5.10 Å². The fourth-order valence-corrected chi connectivity index (χ4v) is 4.10. The summed E-state index contributed by atoms with van der Waals surface area (Å²) in [5.74, 6) is 0.937. The lowest BCUT2D eigenvalue weighted by atomic mass is 10.2. The molecule has 0 saturated carbocycles. The van der Waals surface area contributed by atoms with Gasteiger partial charge in [0.05, 0.1) is 22.7 Å². The van der Waals surface area contributed by atoms with Gasteiger partial charge in [-0.05, 0) is 49.7 Å². The lowest BCUT2D eigenvalue weighted by Gasteiger charge is -2.11. The van der Waals surface area contributed by atoms with Crippen molar-refractivity contribution in [2.75, 3.05) is 5.75 Å². The molecule has 0 unspecified atom stereocenters. The molecule has 1 N–H and O–H groups in total. The van der Waals surface area contributed by atoms with E-state index in [0.29, 0.717) is 15.8 Å². The van der Waals surface area contributed by atoms with E-state index in [4.69, 9.17) is 23.2 Å². The van der Waals surface area contributed by atoms with Gasteiger partial charge in [-0.25, -0.2) is 5.43 Å². The number of aromatic nitrogens is 1. The summed E-state index contributed by atoms with van der Waals surface area (Å²) < 4.78 is 2.08. The predicted molar refractivity (Wildman–Crippen MR) is 124 cm³/mol. The van der Waals surface area contributed by atoms with Gasteiger partial charge in [0.2, 0.25) is 5.91 Å². The monoisotopic (exact) mass is 445 g/mol. The molecule has 1 aromatic heterocycles. The second-order valence-corrected chi connectivity index (χ2v) is 8.35. The van der Waals surface area contributed by atoms with Crippen molar-refractivity contribution in [3.05, 3.63) is 87.2 Å². The average molecular weight is 446 g/mol. The summed E-state index contributed by atoms with van der Waals surface area (Å²) in [6.45, 7) is 4.02. The molecule has 1 heterocycles. The second kappa shape index (κ2) is 10.0. The van der Waals surface area contributed by atoms with Gasteiger partial charge in [0.25, 0.3) is 0 Å². The lowest BCUT2D eigenvalue weighted by molar-refractivity contribution is -0.118. The van der Waals surface area contributed by atoms with Crippen LogP contribution in [0.5, 0.6) is 0 Å². The van der Waals surface area contributed by atoms with Crippen LogP contribution < -0.4 is 5.43 Å². The molecule has 0 spiro atoms. The van der Waals surface area contributed by atoms with Crippen molar-refractivity contribution in [2.45, 2.75) is 19.6 Å². The van der Waals surface area contributed by atoms with Crippen molar-refractivity contribution < 1.29 is 4.79 Å². The summed E-state index contributed by atoms with van der Waals surface area (Å²) in [5.41, 5.74) is 7.61. The fraction of sp³-hybridized carbons (Fsp3) is 0.182. The van der Waals surface area contributed by atoms with E-state index in [1.165, 1.54) is 11.8 Å². The topological polar surface area (TPSA) is 46.4 Å². The number of nitrogens with one attached hydrogen (secondary N) is 1. The summed E-state index contributed by atoms with van der Waals surface area (Å²) >= 11 is 13.7. The second-order valence-electron chi connectivity index (χ2n) is 6.53. The van der Waals surface area contributed by atoms with Crippen molar-refractivity contribution in [1.29, 1.82) is 0 Å². The maximum atomic E-state index is 12.0. The van der Waals surface area contributed by atoms with Crippen LogP contribution in [0.25, 0.3) is 5.69 Å². The van der Waals surface area contributed by atoms with Crippen LogP contribution in [-0.4, -0.2) is 22.4 Å². The van der Waals surface area contributed by atoms with Gasteiger partial charge in [-0.15, -0.1) is 11.8 Å². The molecule has 0 aliphatic carbocycles. The van der Waals surface area contributed by atoms with Gasteiger partial charge in [0.1, 0.15) is 0 Å². The first-order valence-corrected chi connectivity index (χ1v) is 10.9. The standard InChI is InChI=1S/C22H21Cl2N3OS/c1-15-11-18(16(2)27(15)21-6-4-3-5-20(21)24)12-25-26-22(28)14-29-13-17-7-9-19(23)10-8-17/h3-12H,13-14H2,1-2H3,(H,26,28)/b25-12+. The van der Waals surface area contributed by atoms with Crippen LogP contribution in [0.3, 0.4) is 0 Å². The average Bonchev–Trinajstić information content (AvgIpc) is 2.97. The number of aryl methyl sites for hydroxylation is 1. The molecule has 0 aliphatic rings. The molecule has 0 aliphatic heterocycles. The van der Waals surface area contributed by atoms with Gasteiger partial charge < -0.3 is 4.57 Å². The van der Waals surface area contributed by atoms with Gasteiger partial charge in [-0.1, -0.05) is 47.5 Å². The first-order valence-electron chi connectivity index (χ1n) is 9.03. The maximum Gasteiger partial charge on any atom is 0.250 e. The Morgan fingerprint density at radius 1 is 1.14 bits per heavy atom. The predicted octanol–water partition coefficient (Wildman–Crippen LogP) is 5.78. The Morgan fingerprint density at radius 2 is 1.86 bits per heavy atom. The SMILES string of the molecule is Cc1cc(/C=N/NC(=O)CSCc2ccc(Cl)cc2)c(C)n1-c1ccccc1Cl. The van der Waals surface area contributed by atoms with Crippen LogP contribution in [0, 0.1) is 13.8 Å². The van der Waals surface area contributed by atoms with Gasteiger partial charge in [-0.2, -0.15) is 5.10 Å². The highest BCUT2D eigenvalue weighted by Gasteiger charge is 2.11. The molecule has 0 bridgehead atoms. The van der Waals surface area contributed by atoms with Gasteiger partial charge in [0, 0.05) is 27.7 Å². The molecule has 0 fully saturated rings. The zero-order valence-electron chi connectivity index (χ0n) is 16.2. The van der Waals surface area contributed by atoms with Crippen LogP contribution in [-0.2, 0) is 10.5 Å². The Morgan fingerprint density at radius 3 is 2.59 bits per heavy atom. The van der Waals surface area contributed by atoms with E-state index in [9.17, 15) is 4.79 Å². The molecule has 7 heteroatoms. The third-order valence-corrected chi connectivity index (χ3v) is 5.95. The number of hydrogen-bond acceptors (Lipinski definition) is 3. The van der Waals surface area contributed by atoms with E-state index in [1.54, 1.807) is 6.21 Å². The molecule has 0 atom stereocenters. The van der Waals surface area contributed by atoms with Crippen LogP contribution >= 0.6 is 35.0 Å². The highest BCUT2D eigenvalue weighted by Crippen LogP contribution is 2.25. The number of carbonyl (C=O) groups excluding carboxylic acids is 1. The van der Waals surface area contributed by atoms with Crippen LogP contribution in [0.4, 0.5) is 0 Å². The molecule has 150 valence electrons. The number of nitrogens with zero attached hydrogens (tertiary/aromatic N) is 2. The summed E-state index contributed by atoms with van der Waals surface area (Å²) in [6.07, 6.45) is 1.66. The zero-order chi connectivity index (χ0) is 20.8. The molecular formula is C22H21Cl2N3OS. The highest BCUT2D eigenvalue weighted by molar-refractivity contribution is 7.99. The van der Waals surface area contributed by atoms with Crippen molar-refractivity contribution in [3.8, 4) is 5.69 Å². The number of thioether (sulfide) groups is 1. The molecular weight excluding hydrogens is 425 g/mol. The molecule has 3 aromatic rings. The number of benzene rings is 2. The van der Waals surface area contributed by atoms with E-state index < -0.39 is 0 Å². The van der Waals surface area contributed by atoms with Gasteiger partial charge in [0.15, 0.2) is 0 Å². The molecule has 0 radical (unpaired) electrons. The quantitative estimate of drug-likeness (QED) is 0.369. The highest BCUT2D eigenvalue weighted by atomic mass is 35.5. The minimum absolute atomic E-state index is 0.139. The fourth-order valence-electron chi connectivity index (χ4n) is 2.97. The molecule has 2 aromatic carbocycles. The Hall–Kier alpha value is -2.21. The van der Waals surface area contributed by atoms with Crippen molar-refractivity contribution >= 4 is 47.1 Å². The Bertz CT molecular complexity index is 1030. The van der Waals surface area contributed by atoms with Crippen LogP contribution in [0.1, 0.15) is 22.5 Å². The Balaban J connectivity index is 1.56. The van der Waals surface area contributed by atoms with Gasteiger partial charge in [-0.3, -0.25) is 4.79 Å². The number of amides is 1. The number of hydrazone groups is 1. The normalized spacial score (nSPS) is 11.2. The largest absolute Gasteiger partial charge is 0.316 e. The summed E-state index contributed by atoms with van der Waals surface area (Å²) in [5, 5.41) is 5.50. The number of para-hydroxylation sites is 1. The summed E-state index contributed by atoms with van der Waals surface area (Å²) in [6, 6.07) is 17.3. The number of rotatable bonds is 7. The van der Waals surface area contributed by atoms with E-state index in [0.717, 1.165) is 34.0 Å². The maximum absolute atomic E-state index is 12.0. The minimum atomic E-state index is -0.139. The Labute approximate surface area is 184 Å². The van der Waals surface area contributed by atoms with Crippen LogP contribution in [0.2, 0.25) is 10.0 Å². The zero-order valence-corrected chi connectivity index (χ0v) is 18.5. The van der Waals surface area contributed by atoms with Crippen molar-refractivity contribution in [1.82, 2.24) is 9.99 Å². The smallest absolute Gasteiger partial charge is 0.250 e. The minimum Gasteiger partial charge on any atom is -0.316 e. The third-order valence-electron chi connectivity index (χ3n) is 4.37. The van der Waals surface area contributed by atoms with E-state index >= 15 is 0 Å². The Kier molecular flexibility index (Phi) is 7.42. The van der Waals surface area contributed by atoms with E-state index in [2.05, 4.69) is 15.1 Å². The van der Waals surface area contributed by atoms with E-state index in [1.807, 2.05) is 68.4 Å².